The molecular formula is C15H23N3O4. The number of aryl methyl sites for hydroxylation is 1. The summed E-state index contributed by atoms with van der Waals surface area (Å²) in [5.74, 6) is -0.751. The highest BCUT2D eigenvalue weighted by Gasteiger charge is 2.68. The number of ether oxygens (including phenoxy) is 3. The van der Waals surface area contributed by atoms with Crippen LogP contribution in [0.5, 0.6) is 0 Å². The van der Waals surface area contributed by atoms with Gasteiger partial charge in [-0.05, 0) is 26.7 Å². The van der Waals surface area contributed by atoms with Gasteiger partial charge in [0.25, 0.3) is 0 Å². The van der Waals surface area contributed by atoms with Crippen molar-refractivity contribution in [1.82, 2.24) is 15.0 Å². The molecule has 3 aliphatic rings. The summed E-state index contributed by atoms with van der Waals surface area (Å²) in [7, 11) is 0. The van der Waals surface area contributed by atoms with Gasteiger partial charge in [0.15, 0.2) is 17.7 Å². The van der Waals surface area contributed by atoms with Crippen LogP contribution in [0.15, 0.2) is 0 Å². The number of hydrogen-bond donors (Lipinski definition) is 1. The van der Waals surface area contributed by atoms with E-state index in [0.717, 1.165) is 37.1 Å². The quantitative estimate of drug-likeness (QED) is 0.839. The van der Waals surface area contributed by atoms with Crippen molar-refractivity contribution >= 4 is 0 Å². The van der Waals surface area contributed by atoms with Crippen molar-refractivity contribution in [2.45, 2.75) is 82.9 Å². The van der Waals surface area contributed by atoms with Gasteiger partial charge < -0.3 is 19.3 Å². The molecule has 1 aromatic heterocycles. The average Bonchev–Trinajstić information content (AvgIpc) is 3.10. The molecule has 7 nitrogen and oxygen atoms in total. The monoisotopic (exact) mass is 309 g/mol. The van der Waals surface area contributed by atoms with Gasteiger partial charge in [0, 0.05) is 0 Å². The molecule has 0 bridgehead atoms. The molecule has 22 heavy (non-hydrogen) atoms. The number of nitrogens with zero attached hydrogens (tertiary/aromatic N) is 3. The lowest BCUT2D eigenvalue weighted by Gasteiger charge is -2.28. The van der Waals surface area contributed by atoms with Crippen LogP contribution in [0.1, 0.15) is 51.4 Å². The molecule has 4 atom stereocenters. The smallest absolute Gasteiger partial charge is 0.191 e. The zero-order chi connectivity index (χ0) is 15.5. The Morgan fingerprint density at radius 3 is 2.91 bits per heavy atom. The molecule has 122 valence electrons. The Morgan fingerprint density at radius 2 is 2.14 bits per heavy atom. The van der Waals surface area contributed by atoms with Gasteiger partial charge >= 0.3 is 0 Å². The first kappa shape index (κ1) is 14.6. The van der Waals surface area contributed by atoms with Crippen molar-refractivity contribution in [1.29, 1.82) is 0 Å². The van der Waals surface area contributed by atoms with Gasteiger partial charge in [0.1, 0.15) is 12.2 Å². The normalized spacial score (nSPS) is 38.1. The number of unbranched alkanes of at least 4 members (excludes halogenated alkanes) is 2. The van der Waals surface area contributed by atoms with E-state index in [9.17, 15) is 5.11 Å². The molecule has 7 heteroatoms. The first-order valence-corrected chi connectivity index (χ1v) is 8.12. The van der Waals surface area contributed by atoms with Gasteiger partial charge in [-0.25, -0.2) is 4.68 Å². The molecule has 4 heterocycles. The van der Waals surface area contributed by atoms with Gasteiger partial charge in [0.05, 0.1) is 17.9 Å². The summed E-state index contributed by atoms with van der Waals surface area (Å²) in [4.78, 5) is 0. The van der Waals surface area contributed by atoms with Crippen LogP contribution in [-0.4, -0.2) is 44.4 Å². The molecule has 0 aromatic carbocycles. The van der Waals surface area contributed by atoms with Crippen LogP contribution < -0.4 is 0 Å². The maximum atomic E-state index is 11.4. The van der Waals surface area contributed by atoms with E-state index in [1.54, 1.807) is 4.68 Å². The second-order valence-electron chi connectivity index (χ2n) is 6.90. The zero-order valence-electron chi connectivity index (χ0n) is 13.3. The standard InChI is InChI=1S/C15H23N3O4/c1-4-5-6-7-9-11-15(19)10(8-18(11)17-16-9)20-13-12(15)21-14(2,3)22-13/h10,12-13,19H,4-8H2,1-3H3/t10?,12-,13+,15-/m0/s1. The number of fused-ring (bicyclic) bond motifs is 5. The van der Waals surface area contributed by atoms with E-state index >= 15 is 0 Å². The van der Waals surface area contributed by atoms with E-state index in [-0.39, 0.29) is 6.10 Å². The van der Waals surface area contributed by atoms with E-state index < -0.39 is 23.8 Å². The van der Waals surface area contributed by atoms with Gasteiger partial charge in [-0.1, -0.05) is 25.0 Å². The summed E-state index contributed by atoms with van der Waals surface area (Å²) in [5, 5.41) is 19.8. The first-order chi connectivity index (χ1) is 10.5. The minimum Gasteiger partial charge on any atom is -0.378 e. The lowest BCUT2D eigenvalue weighted by atomic mass is 9.89. The van der Waals surface area contributed by atoms with E-state index in [4.69, 9.17) is 14.2 Å². The number of aliphatic hydroxyl groups is 1. The fraction of sp³-hybridized carbons (Fsp3) is 0.867. The van der Waals surface area contributed by atoms with Gasteiger partial charge in [-0.3, -0.25) is 0 Å². The van der Waals surface area contributed by atoms with Crippen LogP contribution in [0.3, 0.4) is 0 Å². The highest BCUT2D eigenvalue weighted by atomic mass is 16.8. The van der Waals surface area contributed by atoms with Crippen LogP contribution in [0, 0.1) is 0 Å². The Balaban J connectivity index is 1.66. The second-order valence-corrected chi connectivity index (χ2v) is 6.90. The van der Waals surface area contributed by atoms with Crippen molar-refractivity contribution in [2.24, 2.45) is 0 Å². The average molecular weight is 309 g/mol. The molecule has 2 saturated heterocycles. The van der Waals surface area contributed by atoms with Crippen LogP contribution in [0.2, 0.25) is 0 Å². The lowest BCUT2D eigenvalue weighted by molar-refractivity contribution is -0.228. The number of aromatic nitrogens is 3. The Morgan fingerprint density at radius 1 is 1.32 bits per heavy atom. The Hall–Kier alpha value is -1.02. The molecule has 1 aromatic rings. The van der Waals surface area contributed by atoms with Gasteiger partial charge in [0.2, 0.25) is 0 Å². The Labute approximate surface area is 129 Å². The highest BCUT2D eigenvalue weighted by Crippen LogP contribution is 2.51. The molecule has 0 aliphatic carbocycles. The second kappa shape index (κ2) is 4.74. The van der Waals surface area contributed by atoms with Crippen molar-refractivity contribution < 1.29 is 19.3 Å². The van der Waals surface area contributed by atoms with E-state index in [1.807, 2.05) is 13.8 Å². The molecule has 1 unspecified atom stereocenters. The minimum atomic E-state index is -1.22. The summed E-state index contributed by atoms with van der Waals surface area (Å²) in [5.41, 5.74) is 0.391. The maximum absolute atomic E-state index is 11.4. The predicted molar refractivity (Wildman–Crippen MR) is 75.8 cm³/mol. The fourth-order valence-corrected chi connectivity index (χ4v) is 3.83. The number of rotatable bonds is 4. The van der Waals surface area contributed by atoms with E-state index in [2.05, 4.69) is 17.2 Å². The van der Waals surface area contributed by atoms with Crippen molar-refractivity contribution in [2.75, 3.05) is 0 Å². The largest absolute Gasteiger partial charge is 0.378 e. The SMILES string of the molecule is CCCCCc1nnn2c1[C@@]1(O)C(C2)O[C@@H]2OC(C)(C)O[C@@H]21. The van der Waals surface area contributed by atoms with Crippen LogP contribution >= 0.6 is 0 Å². The third-order valence-electron chi connectivity index (χ3n) is 4.82. The lowest BCUT2D eigenvalue weighted by Crippen LogP contribution is -2.44. The van der Waals surface area contributed by atoms with E-state index in [0.29, 0.717) is 6.54 Å². The number of hydrogen-bond acceptors (Lipinski definition) is 6. The van der Waals surface area contributed by atoms with Crippen LogP contribution in [-0.2, 0) is 32.8 Å². The van der Waals surface area contributed by atoms with Gasteiger partial charge in [-0.15, -0.1) is 5.10 Å². The molecule has 4 rings (SSSR count). The third-order valence-corrected chi connectivity index (χ3v) is 4.82. The molecular weight excluding hydrogens is 286 g/mol. The summed E-state index contributed by atoms with van der Waals surface area (Å²) in [6.45, 7) is 6.33. The minimum absolute atomic E-state index is 0.381. The molecule has 0 spiro atoms. The molecule has 0 amide bonds. The molecule has 1 N–H and O–H groups in total. The Kier molecular flexibility index (Phi) is 3.14. The molecule has 0 radical (unpaired) electrons. The summed E-state index contributed by atoms with van der Waals surface area (Å²) < 4.78 is 19.3. The zero-order valence-corrected chi connectivity index (χ0v) is 13.3. The maximum Gasteiger partial charge on any atom is 0.191 e. The van der Waals surface area contributed by atoms with Crippen molar-refractivity contribution in [3.63, 3.8) is 0 Å². The molecule has 2 fully saturated rings. The topological polar surface area (TPSA) is 78.6 Å². The Bertz CT molecular complexity index is 587. The van der Waals surface area contributed by atoms with E-state index in [1.165, 1.54) is 0 Å². The fourth-order valence-electron chi connectivity index (χ4n) is 3.83. The predicted octanol–water partition coefficient (Wildman–Crippen LogP) is 1.09. The van der Waals surface area contributed by atoms with Crippen LogP contribution in [0.25, 0.3) is 0 Å². The highest BCUT2D eigenvalue weighted by molar-refractivity contribution is 5.30. The van der Waals surface area contributed by atoms with Crippen molar-refractivity contribution in [3.8, 4) is 0 Å². The summed E-state index contributed by atoms with van der Waals surface area (Å²) in [6.07, 6.45) is 2.71. The third kappa shape index (κ3) is 1.89. The summed E-state index contributed by atoms with van der Waals surface area (Å²) in [6, 6.07) is 0. The van der Waals surface area contributed by atoms with Crippen LogP contribution in [0.4, 0.5) is 0 Å². The molecule has 0 saturated carbocycles. The first-order valence-electron chi connectivity index (χ1n) is 8.12. The summed E-state index contributed by atoms with van der Waals surface area (Å²) >= 11 is 0. The van der Waals surface area contributed by atoms with Crippen molar-refractivity contribution in [3.05, 3.63) is 11.4 Å². The molecule has 3 aliphatic heterocycles. The van der Waals surface area contributed by atoms with Gasteiger partial charge in [-0.2, -0.15) is 0 Å².